The van der Waals surface area contributed by atoms with Gasteiger partial charge in [0.15, 0.2) is 0 Å². The van der Waals surface area contributed by atoms with Gasteiger partial charge < -0.3 is 5.73 Å². The zero-order valence-electron chi connectivity index (χ0n) is 9.18. The fourth-order valence-electron chi connectivity index (χ4n) is 0.928. The molecule has 0 radical (unpaired) electrons. The van der Waals surface area contributed by atoms with Crippen LogP contribution in [0.2, 0.25) is 5.15 Å². The van der Waals surface area contributed by atoms with Crippen LogP contribution in [-0.4, -0.2) is 9.91 Å². The summed E-state index contributed by atoms with van der Waals surface area (Å²) in [5.74, 6) is 0. The van der Waals surface area contributed by atoms with Crippen LogP contribution in [0.1, 0.15) is 19.4 Å². The van der Waals surface area contributed by atoms with Crippen LogP contribution in [-0.2, 0) is 6.42 Å². The van der Waals surface area contributed by atoms with E-state index < -0.39 is 4.92 Å². The minimum atomic E-state index is -0.585. The maximum atomic E-state index is 10.1. The molecule has 1 rings (SSSR count). The van der Waals surface area contributed by atoms with Crippen LogP contribution in [0.15, 0.2) is 30.2 Å². The van der Waals surface area contributed by atoms with E-state index in [9.17, 15) is 10.1 Å². The third-order valence-corrected chi connectivity index (χ3v) is 1.69. The van der Waals surface area contributed by atoms with E-state index in [0.29, 0.717) is 11.6 Å². The normalized spacial score (nSPS) is 10.3. The molecule has 2 N–H and O–H groups in total. The van der Waals surface area contributed by atoms with Gasteiger partial charge in [0.1, 0.15) is 5.15 Å². The Morgan fingerprint density at radius 1 is 1.62 bits per heavy atom. The summed E-state index contributed by atoms with van der Waals surface area (Å²) in [6.07, 6.45) is 2.60. The summed E-state index contributed by atoms with van der Waals surface area (Å²) in [6.45, 7) is 4.00. The monoisotopic (exact) mass is 243 g/mol. The van der Waals surface area contributed by atoms with Crippen molar-refractivity contribution in [3.63, 3.8) is 0 Å². The van der Waals surface area contributed by atoms with Crippen LogP contribution < -0.4 is 5.73 Å². The lowest BCUT2D eigenvalue weighted by atomic mass is 10.2. The first-order valence-corrected chi connectivity index (χ1v) is 5.16. The molecule has 0 fully saturated rings. The highest BCUT2D eigenvalue weighted by molar-refractivity contribution is 6.29. The average molecular weight is 244 g/mol. The number of pyridine rings is 1. The van der Waals surface area contributed by atoms with Gasteiger partial charge in [-0.05, 0) is 11.6 Å². The number of nitrogens with zero attached hydrogens (tertiary/aromatic N) is 2. The van der Waals surface area contributed by atoms with E-state index in [1.807, 2.05) is 13.8 Å². The first-order chi connectivity index (χ1) is 7.58. The standard InChI is InChI=1S/C8H8ClN3O2.C2H6/c9-8-2-1-6(4-11-8)3-7(10)5-12(13)14;1-2/h1-2,4-5H,3,10H2;1-2H3/b7-5+;. The summed E-state index contributed by atoms with van der Waals surface area (Å²) in [4.78, 5) is 13.3. The molecule has 1 aromatic rings. The van der Waals surface area contributed by atoms with Crippen molar-refractivity contribution in [2.24, 2.45) is 5.73 Å². The van der Waals surface area contributed by atoms with Crippen molar-refractivity contribution < 1.29 is 4.92 Å². The van der Waals surface area contributed by atoms with Gasteiger partial charge in [-0.1, -0.05) is 31.5 Å². The van der Waals surface area contributed by atoms with E-state index in [1.54, 1.807) is 12.1 Å². The Morgan fingerprint density at radius 2 is 2.25 bits per heavy atom. The van der Waals surface area contributed by atoms with Gasteiger partial charge in [0, 0.05) is 12.6 Å². The summed E-state index contributed by atoms with van der Waals surface area (Å²) < 4.78 is 0. The Bertz CT molecular complexity index is 363. The molecule has 0 bridgehead atoms. The van der Waals surface area contributed by atoms with Crippen molar-refractivity contribution in [3.05, 3.63) is 51.1 Å². The van der Waals surface area contributed by atoms with Crippen molar-refractivity contribution in [3.8, 4) is 0 Å². The molecule has 0 unspecified atom stereocenters. The van der Waals surface area contributed by atoms with E-state index in [-0.39, 0.29) is 5.70 Å². The lowest BCUT2D eigenvalue weighted by Crippen LogP contribution is -2.04. The summed E-state index contributed by atoms with van der Waals surface area (Å²) in [5, 5.41) is 10.4. The molecule has 0 saturated carbocycles. The Hall–Kier alpha value is -1.62. The van der Waals surface area contributed by atoms with Crippen LogP contribution >= 0.6 is 11.6 Å². The molecule has 6 heteroatoms. The molecular formula is C10H14ClN3O2. The van der Waals surface area contributed by atoms with Crippen LogP contribution in [0.3, 0.4) is 0 Å². The zero-order valence-corrected chi connectivity index (χ0v) is 9.94. The molecule has 1 heterocycles. The highest BCUT2D eigenvalue weighted by Crippen LogP contribution is 2.07. The maximum absolute atomic E-state index is 10.1. The largest absolute Gasteiger partial charge is 0.397 e. The highest BCUT2D eigenvalue weighted by Gasteiger charge is 2.00. The Kier molecular flexibility index (Phi) is 6.87. The number of nitro groups is 1. The SMILES string of the molecule is CC.N/C(=C/[N+](=O)[O-])Cc1ccc(Cl)nc1. The molecule has 0 amide bonds. The van der Waals surface area contributed by atoms with Gasteiger partial charge in [0.25, 0.3) is 6.20 Å². The lowest BCUT2D eigenvalue weighted by Gasteiger charge is -1.98. The smallest absolute Gasteiger partial charge is 0.253 e. The summed E-state index contributed by atoms with van der Waals surface area (Å²) >= 11 is 5.57. The van der Waals surface area contributed by atoms with E-state index in [2.05, 4.69) is 4.98 Å². The Labute approximate surface area is 99.1 Å². The summed E-state index contributed by atoms with van der Waals surface area (Å²) in [6, 6.07) is 3.33. The molecule has 0 aliphatic heterocycles. The third kappa shape index (κ3) is 5.98. The van der Waals surface area contributed by atoms with E-state index in [0.717, 1.165) is 11.8 Å². The predicted octanol–water partition coefficient (Wildman–Crippen LogP) is 2.38. The van der Waals surface area contributed by atoms with Crippen molar-refractivity contribution in [2.75, 3.05) is 0 Å². The minimum Gasteiger partial charge on any atom is -0.397 e. The lowest BCUT2D eigenvalue weighted by molar-refractivity contribution is -0.403. The molecule has 0 aliphatic carbocycles. The fraction of sp³-hybridized carbons (Fsp3) is 0.300. The molecule has 0 aromatic carbocycles. The quantitative estimate of drug-likeness (QED) is 0.502. The molecular weight excluding hydrogens is 230 g/mol. The number of halogens is 1. The van der Waals surface area contributed by atoms with Gasteiger partial charge in [-0.3, -0.25) is 10.1 Å². The number of allylic oxidation sites excluding steroid dienone is 1. The molecule has 5 nitrogen and oxygen atoms in total. The zero-order chi connectivity index (χ0) is 12.6. The number of aromatic nitrogens is 1. The Morgan fingerprint density at radius 3 is 2.69 bits per heavy atom. The second-order valence-electron chi connectivity index (χ2n) is 2.66. The number of nitrogens with two attached hydrogens (primary N) is 1. The molecule has 0 aliphatic rings. The third-order valence-electron chi connectivity index (χ3n) is 1.47. The molecule has 0 saturated heterocycles. The molecule has 1 aromatic heterocycles. The van der Waals surface area contributed by atoms with Crippen molar-refractivity contribution >= 4 is 11.6 Å². The van der Waals surface area contributed by atoms with Crippen LogP contribution in [0.5, 0.6) is 0 Å². The van der Waals surface area contributed by atoms with Crippen molar-refractivity contribution in [1.29, 1.82) is 0 Å². The van der Waals surface area contributed by atoms with Crippen molar-refractivity contribution in [1.82, 2.24) is 4.98 Å². The van der Waals surface area contributed by atoms with E-state index >= 15 is 0 Å². The van der Waals surface area contributed by atoms with Gasteiger partial charge in [0.2, 0.25) is 0 Å². The van der Waals surface area contributed by atoms with Crippen LogP contribution in [0.4, 0.5) is 0 Å². The van der Waals surface area contributed by atoms with Gasteiger partial charge in [-0.25, -0.2) is 4.98 Å². The van der Waals surface area contributed by atoms with Crippen molar-refractivity contribution in [2.45, 2.75) is 20.3 Å². The topological polar surface area (TPSA) is 82.0 Å². The first kappa shape index (κ1) is 14.4. The minimum absolute atomic E-state index is 0.180. The average Bonchev–Trinajstić information content (AvgIpc) is 2.23. The van der Waals surface area contributed by atoms with Gasteiger partial charge >= 0.3 is 0 Å². The van der Waals surface area contributed by atoms with Crippen LogP contribution in [0, 0.1) is 10.1 Å². The van der Waals surface area contributed by atoms with Gasteiger partial charge in [-0.15, -0.1) is 0 Å². The second-order valence-corrected chi connectivity index (χ2v) is 3.04. The van der Waals surface area contributed by atoms with E-state index in [4.69, 9.17) is 17.3 Å². The molecule has 16 heavy (non-hydrogen) atoms. The Balaban J connectivity index is 0.00000106. The first-order valence-electron chi connectivity index (χ1n) is 4.78. The highest BCUT2D eigenvalue weighted by atomic mass is 35.5. The summed E-state index contributed by atoms with van der Waals surface area (Å²) in [7, 11) is 0. The van der Waals surface area contributed by atoms with Gasteiger partial charge in [0.05, 0.1) is 10.6 Å². The molecule has 0 spiro atoms. The fourth-order valence-corrected chi connectivity index (χ4v) is 1.04. The van der Waals surface area contributed by atoms with E-state index in [1.165, 1.54) is 6.20 Å². The van der Waals surface area contributed by atoms with Gasteiger partial charge in [-0.2, -0.15) is 0 Å². The summed E-state index contributed by atoms with van der Waals surface area (Å²) in [5.41, 5.74) is 6.37. The number of hydrogen-bond donors (Lipinski definition) is 1. The number of rotatable bonds is 3. The second kappa shape index (κ2) is 7.64. The predicted molar refractivity (Wildman–Crippen MR) is 63.6 cm³/mol. The maximum Gasteiger partial charge on any atom is 0.253 e. The molecule has 88 valence electrons. The molecule has 0 atom stereocenters. The van der Waals surface area contributed by atoms with Crippen LogP contribution in [0.25, 0.3) is 0 Å². The number of hydrogen-bond acceptors (Lipinski definition) is 4.